The molecule has 0 atom stereocenters. The van der Waals surface area contributed by atoms with Gasteiger partial charge < -0.3 is 0 Å². The van der Waals surface area contributed by atoms with Crippen molar-refractivity contribution < 1.29 is 8.42 Å². The fourth-order valence-electron chi connectivity index (χ4n) is 2.16. The van der Waals surface area contributed by atoms with Crippen molar-refractivity contribution in [2.45, 2.75) is 31.6 Å². The normalized spacial score (nSPS) is 20.4. The first kappa shape index (κ1) is 15.3. The summed E-state index contributed by atoms with van der Waals surface area (Å²) in [6.45, 7) is 5.45. The van der Waals surface area contributed by atoms with Crippen molar-refractivity contribution in [3.05, 3.63) is 27.7 Å². The highest BCUT2D eigenvalue weighted by molar-refractivity contribution is 9.10. The van der Waals surface area contributed by atoms with Gasteiger partial charge in [0.15, 0.2) is 0 Å². The van der Waals surface area contributed by atoms with E-state index in [1.807, 2.05) is 0 Å². The minimum absolute atomic E-state index is 0.192. The number of nitrogens with zero attached hydrogens (tertiary/aromatic N) is 1. The SMILES string of the molecule is CC1(C)CCN(S(=O)(=O)c2ccc(Br)cc2Cl)CC1. The van der Waals surface area contributed by atoms with Gasteiger partial charge in [-0.3, -0.25) is 0 Å². The zero-order valence-corrected chi connectivity index (χ0v) is 14.1. The topological polar surface area (TPSA) is 37.4 Å². The molecule has 1 heterocycles. The lowest BCUT2D eigenvalue weighted by atomic mass is 9.83. The molecule has 0 bridgehead atoms. The van der Waals surface area contributed by atoms with Crippen LogP contribution in [0.1, 0.15) is 26.7 Å². The first-order chi connectivity index (χ1) is 8.72. The van der Waals surface area contributed by atoms with E-state index in [1.54, 1.807) is 18.2 Å². The molecule has 6 heteroatoms. The van der Waals surface area contributed by atoms with E-state index in [2.05, 4.69) is 29.8 Å². The van der Waals surface area contributed by atoms with Gasteiger partial charge in [-0.2, -0.15) is 4.31 Å². The largest absolute Gasteiger partial charge is 0.244 e. The van der Waals surface area contributed by atoms with Gasteiger partial charge in [-0.25, -0.2) is 8.42 Å². The van der Waals surface area contributed by atoms with E-state index in [4.69, 9.17) is 11.6 Å². The number of sulfonamides is 1. The Morgan fingerprint density at radius 3 is 2.37 bits per heavy atom. The molecule has 1 aromatic rings. The molecular formula is C13H17BrClNO2S. The predicted octanol–water partition coefficient (Wildman–Crippen LogP) is 3.91. The summed E-state index contributed by atoms with van der Waals surface area (Å²) in [5.41, 5.74) is 0.218. The Morgan fingerprint density at radius 2 is 1.84 bits per heavy atom. The van der Waals surface area contributed by atoms with E-state index >= 15 is 0 Å². The molecule has 1 fully saturated rings. The van der Waals surface area contributed by atoms with Crippen LogP contribution in [0.2, 0.25) is 5.02 Å². The summed E-state index contributed by atoms with van der Waals surface area (Å²) in [6, 6.07) is 4.87. The number of piperidine rings is 1. The Bertz CT molecular complexity index is 576. The molecule has 19 heavy (non-hydrogen) atoms. The maximum Gasteiger partial charge on any atom is 0.244 e. The molecule has 0 aliphatic carbocycles. The van der Waals surface area contributed by atoms with Crippen LogP contribution in [0.3, 0.4) is 0 Å². The molecule has 0 saturated carbocycles. The Labute approximate surface area is 128 Å². The number of rotatable bonds is 2. The highest BCUT2D eigenvalue weighted by Gasteiger charge is 2.33. The Hall–Kier alpha value is -0.100. The lowest BCUT2D eigenvalue weighted by molar-refractivity contribution is 0.196. The quantitative estimate of drug-likeness (QED) is 0.795. The molecule has 1 aliphatic rings. The van der Waals surface area contributed by atoms with E-state index in [9.17, 15) is 8.42 Å². The first-order valence-corrected chi connectivity index (χ1v) is 8.79. The number of hydrogen-bond acceptors (Lipinski definition) is 2. The van der Waals surface area contributed by atoms with Crippen LogP contribution in [0.5, 0.6) is 0 Å². The molecule has 0 spiro atoms. The second-order valence-corrected chi connectivity index (χ2v) is 8.87. The second kappa shape index (κ2) is 5.35. The highest BCUT2D eigenvalue weighted by atomic mass is 79.9. The maximum atomic E-state index is 12.6. The first-order valence-electron chi connectivity index (χ1n) is 6.18. The van der Waals surface area contributed by atoms with Crippen molar-refractivity contribution in [1.29, 1.82) is 0 Å². The van der Waals surface area contributed by atoms with Crippen molar-refractivity contribution in [3.63, 3.8) is 0 Å². The standard InChI is InChI=1S/C13H17BrClNO2S/c1-13(2)5-7-16(8-6-13)19(17,18)12-4-3-10(14)9-11(12)15/h3-4,9H,5-8H2,1-2H3. The molecule has 0 unspecified atom stereocenters. The zero-order chi connectivity index (χ0) is 14.3. The number of hydrogen-bond donors (Lipinski definition) is 0. The zero-order valence-electron chi connectivity index (χ0n) is 11.0. The molecule has 0 N–H and O–H groups in total. The summed E-state index contributed by atoms with van der Waals surface area (Å²) >= 11 is 9.33. The lowest BCUT2D eigenvalue weighted by Crippen LogP contribution is -2.41. The summed E-state index contributed by atoms with van der Waals surface area (Å²) < 4.78 is 27.4. The third-order valence-corrected chi connectivity index (χ3v) is 6.46. The van der Waals surface area contributed by atoms with Crippen molar-refractivity contribution in [3.8, 4) is 0 Å². The third-order valence-electron chi connectivity index (χ3n) is 3.59. The molecule has 1 aromatic carbocycles. The average Bonchev–Trinajstić information content (AvgIpc) is 2.27. The molecule has 0 radical (unpaired) electrons. The summed E-state index contributed by atoms with van der Waals surface area (Å²) in [5, 5.41) is 0.263. The van der Waals surface area contributed by atoms with Gasteiger partial charge >= 0.3 is 0 Å². The fraction of sp³-hybridized carbons (Fsp3) is 0.538. The van der Waals surface area contributed by atoms with Gasteiger partial charge in [-0.15, -0.1) is 0 Å². The summed E-state index contributed by atoms with van der Waals surface area (Å²) in [5.74, 6) is 0. The van der Waals surface area contributed by atoms with E-state index in [-0.39, 0.29) is 15.3 Å². The van der Waals surface area contributed by atoms with Crippen LogP contribution in [-0.2, 0) is 10.0 Å². The predicted molar refractivity (Wildman–Crippen MR) is 80.9 cm³/mol. The molecule has 106 valence electrons. The highest BCUT2D eigenvalue weighted by Crippen LogP contribution is 2.34. The van der Waals surface area contributed by atoms with Crippen molar-refractivity contribution >= 4 is 37.6 Å². The third kappa shape index (κ3) is 3.32. The van der Waals surface area contributed by atoms with Gasteiger partial charge in [0.05, 0.1) is 5.02 Å². The van der Waals surface area contributed by atoms with Crippen LogP contribution in [0.25, 0.3) is 0 Å². The fourth-order valence-corrected chi connectivity index (χ4v) is 4.61. The number of halogens is 2. The van der Waals surface area contributed by atoms with Crippen LogP contribution in [0, 0.1) is 5.41 Å². The summed E-state index contributed by atoms with van der Waals surface area (Å²) in [7, 11) is -3.48. The Morgan fingerprint density at radius 1 is 1.26 bits per heavy atom. The smallest absolute Gasteiger partial charge is 0.207 e. The lowest BCUT2D eigenvalue weighted by Gasteiger charge is -2.36. The Kier molecular flexibility index (Phi) is 4.31. The number of benzene rings is 1. The van der Waals surface area contributed by atoms with E-state index in [0.717, 1.165) is 17.3 Å². The van der Waals surface area contributed by atoms with E-state index in [1.165, 1.54) is 4.31 Å². The minimum Gasteiger partial charge on any atom is -0.207 e. The minimum atomic E-state index is -3.48. The average molecular weight is 367 g/mol. The van der Waals surface area contributed by atoms with Gasteiger partial charge in [0.2, 0.25) is 10.0 Å². The van der Waals surface area contributed by atoms with Crippen LogP contribution in [0.4, 0.5) is 0 Å². The monoisotopic (exact) mass is 365 g/mol. The van der Waals surface area contributed by atoms with Crippen molar-refractivity contribution in [2.24, 2.45) is 5.41 Å². The van der Waals surface area contributed by atoms with Crippen molar-refractivity contribution in [2.75, 3.05) is 13.1 Å². The van der Waals surface area contributed by atoms with Gasteiger partial charge in [-0.05, 0) is 36.5 Å². The van der Waals surface area contributed by atoms with E-state index < -0.39 is 10.0 Å². The molecule has 1 saturated heterocycles. The van der Waals surface area contributed by atoms with Gasteiger partial charge in [-0.1, -0.05) is 41.4 Å². The van der Waals surface area contributed by atoms with Crippen molar-refractivity contribution in [1.82, 2.24) is 4.31 Å². The second-order valence-electron chi connectivity index (χ2n) is 5.64. The molecular weight excluding hydrogens is 350 g/mol. The summed E-state index contributed by atoms with van der Waals surface area (Å²) in [6.07, 6.45) is 1.75. The van der Waals surface area contributed by atoms with Crippen LogP contribution < -0.4 is 0 Å². The summed E-state index contributed by atoms with van der Waals surface area (Å²) in [4.78, 5) is 0.192. The molecule has 1 aliphatic heterocycles. The van der Waals surface area contributed by atoms with Gasteiger partial charge in [0.25, 0.3) is 0 Å². The van der Waals surface area contributed by atoms with Gasteiger partial charge in [0, 0.05) is 17.6 Å². The van der Waals surface area contributed by atoms with Crippen LogP contribution in [-0.4, -0.2) is 25.8 Å². The molecule has 2 rings (SSSR count). The Balaban J connectivity index is 2.28. The molecule has 3 nitrogen and oxygen atoms in total. The molecule has 0 amide bonds. The van der Waals surface area contributed by atoms with Crippen LogP contribution in [0.15, 0.2) is 27.6 Å². The van der Waals surface area contributed by atoms with Gasteiger partial charge in [0.1, 0.15) is 4.90 Å². The molecule has 0 aromatic heterocycles. The maximum absolute atomic E-state index is 12.6. The van der Waals surface area contributed by atoms with Crippen LogP contribution >= 0.6 is 27.5 Å². The van der Waals surface area contributed by atoms with E-state index in [0.29, 0.717) is 13.1 Å².